The second-order valence-corrected chi connectivity index (χ2v) is 8.99. The van der Waals surface area contributed by atoms with Gasteiger partial charge < -0.3 is 5.11 Å². The van der Waals surface area contributed by atoms with Crippen molar-refractivity contribution in [3.05, 3.63) is 11.6 Å². The molecule has 1 spiro atoms. The van der Waals surface area contributed by atoms with Crippen LogP contribution in [-0.2, 0) is 0 Å². The van der Waals surface area contributed by atoms with Crippen LogP contribution in [0.2, 0.25) is 0 Å². The van der Waals surface area contributed by atoms with E-state index in [0.717, 1.165) is 24.2 Å². The monoisotopic (exact) mass is 290 g/mol. The smallest absolute Gasteiger partial charge is 0.0653 e. The van der Waals surface area contributed by atoms with E-state index in [1.165, 1.54) is 32.1 Å². The molecule has 3 rings (SSSR count). The lowest BCUT2D eigenvalue weighted by molar-refractivity contribution is -0.0770. The standard InChI is InChI=1S/C20H34O/c1-13(2)16-9-10-19(5,21)18-7-6-15(4)20(18)11-8-14(3)12-17(16)20/h12-13,15-18,21H,6-11H2,1-5H3/t15-,16-,17+,18+,19-,20-/m0/s1. The van der Waals surface area contributed by atoms with Gasteiger partial charge in [0.15, 0.2) is 0 Å². The minimum atomic E-state index is -0.453. The lowest BCUT2D eigenvalue weighted by Crippen LogP contribution is -2.49. The van der Waals surface area contributed by atoms with Crippen molar-refractivity contribution in [1.82, 2.24) is 0 Å². The van der Waals surface area contributed by atoms with Crippen LogP contribution in [0.25, 0.3) is 0 Å². The van der Waals surface area contributed by atoms with Crippen molar-refractivity contribution in [2.45, 2.75) is 78.7 Å². The summed E-state index contributed by atoms with van der Waals surface area (Å²) in [4.78, 5) is 0. The maximum atomic E-state index is 11.2. The van der Waals surface area contributed by atoms with E-state index in [0.29, 0.717) is 17.3 Å². The molecule has 0 unspecified atom stereocenters. The van der Waals surface area contributed by atoms with Gasteiger partial charge in [0.1, 0.15) is 0 Å². The molecular formula is C20H34O. The van der Waals surface area contributed by atoms with E-state index in [1.54, 1.807) is 5.57 Å². The van der Waals surface area contributed by atoms with E-state index in [2.05, 4.69) is 40.7 Å². The molecule has 3 aliphatic carbocycles. The largest absolute Gasteiger partial charge is 0.390 e. The molecule has 0 aromatic carbocycles. The van der Waals surface area contributed by atoms with Gasteiger partial charge in [0.25, 0.3) is 0 Å². The summed E-state index contributed by atoms with van der Waals surface area (Å²) in [6.07, 6.45) is 9.94. The van der Waals surface area contributed by atoms with Gasteiger partial charge in [-0.3, -0.25) is 0 Å². The first-order valence-electron chi connectivity index (χ1n) is 9.18. The van der Waals surface area contributed by atoms with Gasteiger partial charge in [-0.15, -0.1) is 0 Å². The highest BCUT2D eigenvalue weighted by molar-refractivity contribution is 5.20. The summed E-state index contributed by atoms with van der Waals surface area (Å²) in [6.45, 7) is 11.7. The van der Waals surface area contributed by atoms with Crippen LogP contribution in [0.5, 0.6) is 0 Å². The van der Waals surface area contributed by atoms with Crippen molar-refractivity contribution in [2.24, 2.45) is 35.0 Å². The Morgan fingerprint density at radius 2 is 1.90 bits per heavy atom. The number of hydrogen-bond acceptors (Lipinski definition) is 1. The molecule has 21 heavy (non-hydrogen) atoms. The van der Waals surface area contributed by atoms with Gasteiger partial charge in [-0.25, -0.2) is 0 Å². The Kier molecular flexibility index (Phi) is 3.80. The molecule has 0 amide bonds. The normalized spacial score (nSPS) is 50.3. The van der Waals surface area contributed by atoms with Crippen molar-refractivity contribution >= 4 is 0 Å². The summed E-state index contributed by atoms with van der Waals surface area (Å²) in [5.74, 6) is 3.44. The lowest BCUT2D eigenvalue weighted by Gasteiger charge is -2.52. The first-order chi connectivity index (χ1) is 9.79. The molecule has 3 aliphatic rings. The molecule has 0 heterocycles. The third-order valence-corrected chi connectivity index (χ3v) is 7.54. The van der Waals surface area contributed by atoms with Crippen molar-refractivity contribution in [3.8, 4) is 0 Å². The average molecular weight is 290 g/mol. The Balaban J connectivity index is 2.13. The molecule has 120 valence electrons. The summed E-state index contributed by atoms with van der Waals surface area (Å²) in [7, 11) is 0. The van der Waals surface area contributed by atoms with Gasteiger partial charge in [0.05, 0.1) is 5.60 Å². The Hall–Kier alpha value is -0.300. The molecule has 2 saturated carbocycles. The average Bonchev–Trinajstić information content (AvgIpc) is 2.67. The molecule has 1 N–H and O–H groups in total. The Bertz CT molecular complexity index is 433. The molecule has 0 radical (unpaired) electrons. The fraction of sp³-hybridized carbons (Fsp3) is 0.900. The number of rotatable bonds is 1. The molecule has 0 aromatic rings. The van der Waals surface area contributed by atoms with Crippen LogP contribution in [0.3, 0.4) is 0 Å². The van der Waals surface area contributed by atoms with Crippen molar-refractivity contribution < 1.29 is 5.11 Å². The number of hydrogen-bond donors (Lipinski definition) is 1. The fourth-order valence-corrected chi connectivity index (χ4v) is 6.38. The zero-order chi connectivity index (χ0) is 15.4. The quantitative estimate of drug-likeness (QED) is 0.659. The molecule has 0 aromatic heterocycles. The summed E-state index contributed by atoms with van der Waals surface area (Å²) in [6, 6.07) is 0. The number of aliphatic hydroxyl groups is 1. The second-order valence-electron chi connectivity index (χ2n) is 8.99. The summed E-state index contributed by atoms with van der Waals surface area (Å²) in [5.41, 5.74) is 1.51. The van der Waals surface area contributed by atoms with E-state index in [9.17, 15) is 5.11 Å². The van der Waals surface area contributed by atoms with Gasteiger partial charge in [-0.2, -0.15) is 0 Å². The summed E-state index contributed by atoms with van der Waals surface area (Å²) in [5, 5.41) is 11.2. The van der Waals surface area contributed by atoms with Crippen LogP contribution in [-0.4, -0.2) is 10.7 Å². The van der Waals surface area contributed by atoms with E-state index >= 15 is 0 Å². The molecule has 1 heteroatoms. The maximum Gasteiger partial charge on any atom is 0.0653 e. The van der Waals surface area contributed by atoms with Crippen LogP contribution in [0.4, 0.5) is 0 Å². The van der Waals surface area contributed by atoms with Crippen LogP contribution in [0.1, 0.15) is 73.1 Å². The topological polar surface area (TPSA) is 20.2 Å². The number of allylic oxidation sites excluding steroid dienone is 2. The fourth-order valence-electron chi connectivity index (χ4n) is 6.38. The van der Waals surface area contributed by atoms with Gasteiger partial charge in [0.2, 0.25) is 0 Å². The van der Waals surface area contributed by atoms with E-state index in [-0.39, 0.29) is 0 Å². The molecular weight excluding hydrogens is 256 g/mol. The van der Waals surface area contributed by atoms with Crippen molar-refractivity contribution in [3.63, 3.8) is 0 Å². The minimum Gasteiger partial charge on any atom is -0.390 e. The predicted molar refractivity (Wildman–Crippen MR) is 89.0 cm³/mol. The highest BCUT2D eigenvalue weighted by Crippen LogP contribution is 2.65. The third kappa shape index (κ3) is 2.22. The zero-order valence-corrected chi connectivity index (χ0v) is 14.7. The van der Waals surface area contributed by atoms with E-state index in [1.807, 2.05) is 0 Å². The zero-order valence-electron chi connectivity index (χ0n) is 14.7. The predicted octanol–water partition coefficient (Wildman–Crippen LogP) is 5.19. The van der Waals surface area contributed by atoms with Crippen molar-refractivity contribution in [1.29, 1.82) is 0 Å². The Morgan fingerprint density at radius 3 is 2.57 bits per heavy atom. The van der Waals surface area contributed by atoms with Crippen LogP contribution in [0, 0.1) is 35.0 Å². The second kappa shape index (κ2) is 5.11. The summed E-state index contributed by atoms with van der Waals surface area (Å²) >= 11 is 0. The van der Waals surface area contributed by atoms with E-state index in [4.69, 9.17) is 0 Å². The third-order valence-electron chi connectivity index (χ3n) is 7.54. The molecule has 0 bridgehead atoms. The van der Waals surface area contributed by atoms with Crippen molar-refractivity contribution in [2.75, 3.05) is 0 Å². The van der Waals surface area contributed by atoms with Crippen LogP contribution < -0.4 is 0 Å². The van der Waals surface area contributed by atoms with Gasteiger partial charge >= 0.3 is 0 Å². The molecule has 6 atom stereocenters. The molecule has 1 nitrogen and oxygen atoms in total. The summed E-state index contributed by atoms with van der Waals surface area (Å²) < 4.78 is 0. The first kappa shape index (κ1) is 15.6. The van der Waals surface area contributed by atoms with Crippen LogP contribution >= 0.6 is 0 Å². The van der Waals surface area contributed by atoms with Gasteiger partial charge in [-0.05, 0) is 87.4 Å². The maximum absolute atomic E-state index is 11.2. The molecule has 2 fully saturated rings. The van der Waals surface area contributed by atoms with Gasteiger partial charge in [-0.1, -0.05) is 32.4 Å². The van der Waals surface area contributed by atoms with Gasteiger partial charge in [0, 0.05) is 0 Å². The highest BCUT2D eigenvalue weighted by atomic mass is 16.3. The molecule has 0 aliphatic heterocycles. The Labute approximate surface area is 131 Å². The van der Waals surface area contributed by atoms with Crippen LogP contribution in [0.15, 0.2) is 11.6 Å². The highest BCUT2D eigenvalue weighted by Gasteiger charge is 2.61. The SMILES string of the molecule is CC1=C[C@@H]2[C@H](C(C)C)CC[C@](C)(O)[C@H]3CC[C@H](C)[C@@]23CC1. The Morgan fingerprint density at radius 1 is 1.19 bits per heavy atom. The molecule has 0 saturated heterocycles. The minimum absolute atomic E-state index is 0.369. The first-order valence-corrected chi connectivity index (χ1v) is 9.18. The van der Waals surface area contributed by atoms with E-state index < -0.39 is 5.60 Å². The lowest BCUT2D eigenvalue weighted by atomic mass is 9.53.